The number of rotatable bonds is 11. The quantitative estimate of drug-likeness (QED) is 0.246. The molecule has 0 aliphatic carbocycles. The van der Waals surface area contributed by atoms with E-state index in [-0.39, 0.29) is 0 Å². The van der Waals surface area contributed by atoms with Crippen molar-refractivity contribution in [1.29, 1.82) is 0 Å². The highest BCUT2D eigenvalue weighted by Gasteiger charge is 2.17. The maximum Gasteiger partial charge on any atom is 0.151 e. The predicted octanol–water partition coefficient (Wildman–Crippen LogP) is 3.30. The molecule has 0 spiro atoms. The number of piperazine rings is 1. The molecular formula is C23H31N5O2. The van der Waals surface area contributed by atoms with Gasteiger partial charge in [0.05, 0.1) is 18.5 Å². The van der Waals surface area contributed by atoms with Crippen LogP contribution < -0.4 is 9.64 Å². The van der Waals surface area contributed by atoms with Gasteiger partial charge < -0.3 is 14.5 Å². The third-order valence-corrected chi connectivity index (χ3v) is 4.97. The van der Waals surface area contributed by atoms with Crippen LogP contribution in [0.25, 0.3) is 0 Å². The first-order valence-electron chi connectivity index (χ1n) is 10.5. The molecule has 7 heteroatoms. The van der Waals surface area contributed by atoms with E-state index in [2.05, 4.69) is 37.8 Å². The van der Waals surface area contributed by atoms with Crippen LogP contribution in [0.15, 0.2) is 54.2 Å². The molecule has 0 radical (unpaired) electrons. The summed E-state index contributed by atoms with van der Waals surface area (Å²) < 4.78 is 5.85. The molecule has 2 aromatic rings. The van der Waals surface area contributed by atoms with Crippen molar-refractivity contribution in [1.82, 2.24) is 15.1 Å². The molecule has 1 aromatic carbocycles. The van der Waals surface area contributed by atoms with Crippen molar-refractivity contribution in [3.05, 3.63) is 60.3 Å². The first-order chi connectivity index (χ1) is 14.7. The minimum Gasteiger partial charge on any atom is -0.494 e. The van der Waals surface area contributed by atoms with Gasteiger partial charge >= 0.3 is 0 Å². The molecule has 1 aliphatic heterocycles. The summed E-state index contributed by atoms with van der Waals surface area (Å²) in [6, 6.07) is 11.9. The number of ether oxygens (including phenoxy) is 1. The maximum absolute atomic E-state index is 5.85. The van der Waals surface area contributed by atoms with Crippen LogP contribution >= 0.6 is 0 Å². The Kier molecular flexibility index (Phi) is 8.65. The fraction of sp³-hybridized carbons (Fsp3) is 0.435. The average Bonchev–Trinajstić information content (AvgIpc) is 2.78. The van der Waals surface area contributed by atoms with Gasteiger partial charge in [0, 0.05) is 26.2 Å². The number of nitrogens with zero attached hydrogens (tertiary/aromatic N) is 5. The molecule has 0 atom stereocenters. The Hall–Kier alpha value is -2.93. The van der Waals surface area contributed by atoms with Gasteiger partial charge in [-0.15, -0.1) is 5.10 Å². The summed E-state index contributed by atoms with van der Waals surface area (Å²) in [5, 5.41) is 12.3. The molecule has 1 aromatic heterocycles. The molecule has 1 aliphatic rings. The van der Waals surface area contributed by atoms with Crippen LogP contribution in [0.2, 0.25) is 0 Å². The minimum atomic E-state index is 0.412. The van der Waals surface area contributed by atoms with Gasteiger partial charge in [-0.05, 0) is 68.3 Å². The van der Waals surface area contributed by atoms with Crippen molar-refractivity contribution in [3.63, 3.8) is 0 Å². The first kappa shape index (κ1) is 21.8. The van der Waals surface area contributed by atoms with Gasteiger partial charge in [-0.1, -0.05) is 17.8 Å². The summed E-state index contributed by atoms with van der Waals surface area (Å²) in [6.07, 6.45) is 5.52. The molecule has 30 heavy (non-hydrogen) atoms. The zero-order valence-corrected chi connectivity index (χ0v) is 17.7. The third kappa shape index (κ3) is 7.15. The Balaban J connectivity index is 1.27. The van der Waals surface area contributed by atoms with Crippen LogP contribution in [0.3, 0.4) is 0 Å². The van der Waals surface area contributed by atoms with E-state index in [9.17, 15) is 0 Å². The van der Waals surface area contributed by atoms with E-state index in [0.29, 0.717) is 6.61 Å². The van der Waals surface area contributed by atoms with Crippen molar-refractivity contribution in [2.24, 2.45) is 5.16 Å². The summed E-state index contributed by atoms with van der Waals surface area (Å²) >= 11 is 0. The van der Waals surface area contributed by atoms with Gasteiger partial charge in [-0.3, -0.25) is 4.90 Å². The number of hydrogen-bond donors (Lipinski definition) is 0. The monoisotopic (exact) mass is 409 g/mol. The van der Waals surface area contributed by atoms with Crippen LogP contribution in [0.5, 0.6) is 5.75 Å². The number of hydrogen-bond acceptors (Lipinski definition) is 7. The van der Waals surface area contributed by atoms with Crippen LogP contribution in [0.4, 0.5) is 5.82 Å². The van der Waals surface area contributed by atoms with Crippen LogP contribution in [0.1, 0.15) is 24.1 Å². The number of anilines is 1. The highest BCUT2D eigenvalue weighted by molar-refractivity contribution is 5.79. The summed E-state index contributed by atoms with van der Waals surface area (Å²) in [4.78, 5) is 9.83. The van der Waals surface area contributed by atoms with Gasteiger partial charge in [0.25, 0.3) is 0 Å². The average molecular weight is 410 g/mol. The second-order valence-electron chi connectivity index (χ2n) is 7.31. The normalized spacial score (nSPS) is 14.8. The number of aryl methyl sites for hydroxylation is 1. The number of oxime groups is 1. The Bertz CT molecular complexity index is 784. The fourth-order valence-electron chi connectivity index (χ4n) is 3.23. The van der Waals surface area contributed by atoms with Crippen LogP contribution in [-0.4, -0.2) is 67.2 Å². The summed E-state index contributed by atoms with van der Waals surface area (Å²) in [7, 11) is 0. The molecule has 7 nitrogen and oxygen atoms in total. The van der Waals surface area contributed by atoms with Crippen molar-refractivity contribution in [2.45, 2.75) is 19.8 Å². The van der Waals surface area contributed by atoms with Crippen LogP contribution in [-0.2, 0) is 4.84 Å². The topological polar surface area (TPSA) is 63.1 Å². The molecule has 160 valence electrons. The number of benzene rings is 1. The lowest BCUT2D eigenvalue weighted by Crippen LogP contribution is -2.47. The first-order valence-corrected chi connectivity index (χ1v) is 10.5. The molecule has 1 saturated heterocycles. The Morgan fingerprint density at radius 1 is 1.03 bits per heavy atom. The molecule has 3 rings (SSSR count). The van der Waals surface area contributed by atoms with E-state index >= 15 is 0 Å². The lowest BCUT2D eigenvalue weighted by molar-refractivity contribution is 0.176. The maximum atomic E-state index is 5.85. The van der Waals surface area contributed by atoms with Crippen molar-refractivity contribution in [3.8, 4) is 5.75 Å². The van der Waals surface area contributed by atoms with Gasteiger partial charge in [-0.25, -0.2) is 0 Å². The smallest absolute Gasteiger partial charge is 0.151 e. The van der Waals surface area contributed by atoms with Gasteiger partial charge in [-0.2, -0.15) is 5.10 Å². The zero-order valence-electron chi connectivity index (χ0n) is 17.7. The third-order valence-electron chi connectivity index (χ3n) is 4.97. The van der Waals surface area contributed by atoms with Gasteiger partial charge in [0.2, 0.25) is 0 Å². The largest absolute Gasteiger partial charge is 0.494 e. The van der Waals surface area contributed by atoms with Crippen molar-refractivity contribution >= 4 is 12.0 Å². The van der Waals surface area contributed by atoms with Gasteiger partial charge in [0.15, 0.2) is 5.82 Å². The Morgan fingerprint density at radius 3 is 2.53 bits per heavy atom. The zero-order chi connectivity index (χ0) is 21.0. The van der Waals surface area contributed by atoms with Crippen molar-refractivity contribution in [2.75, 3.05) is 50.8 Å². The lowest BCUT2D eigenvalue weighted by atomic mass is 10.2. The molecule has 0 saturated carbocycles. The highest BCUT2D eigenvalue weighted by atomic mass is 16.6. The second-order valence-corrected chi connectivity index (χ2v) is 7.31. The SMILES string of the molecule is C=CCO/N=C/c1ccc(OCCCCN2CCN(c3ccc(C)nn3)CC2)cc1. The molecule has 1 fully saturated rings. The van der Waals surface area contributed by atoms with E-state index in [1.807, 2.05) is 37.3 Å². The lowest BCUT2D eigenvalue weighted by Gasteiger charge is -2.35. The number of aromatic nitrogens is 2. The summed E-state index contributed by atoms with van der Waals surface area (Å²) in [5.41, 5.74) is 1.93. The van der Waals surface area contributed by atoms with E-state index in [4.69, 9.17) is 9.57 Å². The minimum absolute atomic E-state index is 0.412. The molecule has 2 heterocycles. The summed E-state index contributed by atoms with van der Waals surface area (Å²) in [5.74, 6) is 1.86. The van der Waals surface area contributed by atoms with E-state index in [1.54, 1.807) is 12.3 Å². The van der Waals surface area contributed by atoms with Crippen molar-refractivity contribution < 1.29 is 9.57 Å². The fourth-order valence-corrected chi connectivity index (χ4v) is 3.23. The van der Waals surface area contributed by atoms with Gasteiger partial charge in [0.1, 0.15) is 12.4 Å². The Morgan fingerprint density at radius 2 is 1.83 bits per heavy atom. The van der Waals surface area contributed by atoms with E-state index in [1.165, 1.54) is 0 Å². The predicted molar refractivity (Wildman–Crippen MR) is 120 cm³/mol. The molecule has 0 N–H and O–H groups in total. The van der Waals surface area contributed by atoms with E-state index < -0.39 is 0 Å². The molecule has 0 bridgehead atoms. The Labute approximate surface area is 179 Å². The standard InChI is InChI=1S/C23H31N5O2/c1-3-17-30-24-19-21-7-9-22(10-8-21)29-18-5-4-12-27-13-15-28(16-14-27)23-11-6-20(2)25-26-23/h3,6-11,19H,1,4-5,12-18H2,2H3/b24-19+. The van der Waals surface area contributed by atoms with Crippen LogP contribution in [0, 0.1) is 6.92 Å². The van der Waals surface area contributed by atoms with E-state index in [0.717, 1.165) is 75.0 Å². The molecule has 0 unspecified atom stereocenters. The number of unbranched alkanes of at least 4 members (excludes halogenated alkanes) is 1. The molecular weight excluding hydrogens is 378 g/mol. The second kappa shape index (κ2) is 11.9. The summed E-state index contributed by atoms with van der Waals surface area (Å²) in [6.45, 7) is 11.9. The molecule has 0 amide bonds. The highest BCUT2D eigenvalue weighted by Crippen LogP contribution is 2.14.